The van der Waals surface area contributed by atoms with Crippen molar-refractivity contribution >= 4 is 23.4 Å². The molecule has 26 heavy (non-hydrogen) atoms. The second kappa shape index (κ2) is 9.33. The largest absolute Gasteiger partial charge is 0.347 e. The van der Waals surface area contributed by atoms with Gasteiger partial charge in [-0.1, -0.05) is 20.8 Å². The lowest BCUT2D eigenvalue weighted by Gasteiger charge is -2.24. The number of hydrogen-bond donors (Lipinski definition) is 4. The van der Waals surface area contributed by atoms with E-state index >= 15 is 0 Å². The van der Waals surface area contributed by atoms with Gasteiger partial charge in [0.1, 0.15) is 0 Å². The molecule has 0 spiro atoms. The third-order valence-corrected chi connectivity index (χ3v) is 4.21. The topological polar surface area (TPSA) is 113 Å². The van der Waals surface area contributed by atoms with Crippen LogP contribution in [0.5, 0.6) is 0 Å². The quantitative estimate of drug-likeness (QED) is 0.563. The van der Waals surface area contributed by atoms with Crippen LogP contribution in [0.15, 0.2) is 24.3 Å². The third kappa shape index (κ3) is 6.84. The molecule has 7 heteroatoms. The Balaban J connectivity index is 2.55. The maximum atomic E-state index is 12.2. The number of carbonyl (C=O) groups is 3. The fourth-order valence-corrected chi connectivity index (χ4v) is 1.97. The molecule has 1 aromatic rings. The molecule has 7 nitrogen and oxygen atoms in total. The summed E-state index contributed by atoms with van der Waals surface area (Å²) in [6.45, 7) is 9.43. The lowest BCUT2D eigenvalue weighted by atomic mass is 10.0. The molecule has 1 rings (SSSR count). The molecule has 0 aromatic heterocycles. The number of amides is 3. The number of carbonyl (C=O) groups excluding carboxylic acids is 3. The lowest BCUT2D eigenvalue weighted by molar-refractivity contribution is -0.125. The van der Waals surface area contributed by atoms with E-state index in [-0.39, 0.29) is 35.7 Å². The van der Waals surface area contributed by atoms with E-state index in [9.17, 15) is 14.4 Å². The van der Waals surface area contributed by atoms with Crippen LogP contribution >= 0.6 is 0 Å². The number of anilines is 1. The minimum atomic E-state index is -0.645. The van der Waals surface area contributed by atoms with Crippen molar-refractivity contribution in [3.63, 3.8) is 0 Å². The van der Waals surface area contributed by atoms with Crippen molar-refractivity contribution in [1.29, 1.82) is 0 Å². The number of rotatable bonds is 8. The summed E-state index contributed by atoms with van der Waals surface area (Å²) < 4.78 is 0. The van der Waals surface area contributed by atoms with E-state index in [0.29, 0.717) is 11.3 Å². The predicted molar refractivity (Wildman–Crippen MR) is 103 cm³/mol. The molecule has 0 heterocycles. The SMILES string of the molecule is CCC(C)(C)NC(=O)c1ccc(NC(=O)CNC(=O)[C@@H](N)C(C)C)cc1. The van der Waals surface area contributed by atoms with Crippen LogP contribution in [0.3, 0.4) is 0 Å². The van der Waals surface area contributed by atoms with Crippen molar-refractivity contribution in [1.82, 2.24) is 10.6 Å². The number of nitrogens with one attached hydrogen (secondary N) is 3. The Morgan fingerprint density at radius 1 is 1.12 bits per heavy atom. The zero-order chi connectivity index (χ0) is 19.9. The molecule has 0 saturated heterocycles. The van der Waals surface area contributed by atoms with Crippen LogP contribution in [0, 0.1) is 5.92 Å². The number of nitrogens with two attached hydrogens (primary N) is 1. The van der Waals surface area contributed by atoms with E-state index in [2.05, 4.69) is 16.0 Å². The van der Waals surface area contributed by atoms with Gasteiger partial charge in [-0.2, -0.15) is 0 Å². The molecule has 0 aliphatic rings. The van der Waals surface area contributed by atoms with Gasteiger partial charge in [0.25, 0.3) is 5.91 Å². The highest BCUT2D eigenvalue weighted by Crippen LogP contribution is 2.12. The van der Waals surface area contributed by atoms with Gasteiger partial charge in [-0.25, -0.2) is 0 Å². The van der Waals surface area contributed by atoms with Crippen molar-refractivity contribution in [2.75, 3.05) is 11.9 Å². The fourth-order valence-electron chi connectivity index (χ4n) is 1.97. The van der Waals surface area contributed by atoms with Crippen LogP contribution in [0.4, 0.5) is 5.69 Å². The van der Waals surface area contributed by atoms with Gasteiger partial charge in [0.05, 0.1) is 12.6 Å². The average molecular weight is 362 g/mol. The van der Waals surface area contributed by atoms with Crippen molar-refractivity contribution in [3.8, 4) is 0 Å². The molecule has 0 aliphatic heterocycles. The standard InChI is InChI=1S/C19H30N4O3/c1-6-19(4,5)23-17(25)13-7-9-14(10-8-13)22-15(24)11-21-18(26)16(20)12(2)3/h7-10,12,16H,6,11,20H2,1-5H3,(H,21,26)(H,22,24)(H,23,25)/t16-/m0/s1. The van der Waals surface area contributed by atoms with Gasteiger partial charge in [-0.15, -0.1) is 0 Å². The van der Waals surface area contributed by atoms with Crippen LogP contribution in [-0.2, 0) is 9.59 Å². The molecular weight excluding hydrogens is 332 g/mol. The maximum absolute atomic E-state index is 12.2. The molecule has 0 bridgehead atoms. The summed E-state index contributed by atoms with van der Waals surface area (Å²) >= 11 is 0. The number of hydrogen-bond acceptors (Lipinski definition) is 4. The van der Waals surface area contributed by atoms with Gasteiger partial charge in [-0.05, 0) is 50.5 Å². The Morgan fingerprint density at radius 2 is 1.69 bits per heavy atom. The van der Waals surface area contributed by atoms with Crippen molar-refractivity contribution in [2.24, 2.45) is 11.7 Å². The van der Waals surface area contributed by atoms with Crippen LogP contribution < -0.4 is 21.7 Å². The first-order chi connectivity index (χ1) is 12.1. The molecule has 0 aliphatic carbocycles. The summed E-state index contributed by atoms with van der Waals surface area (Å²) in [5, 5.41) is 8.12. The van der Waals surface area contributed by atoms with E-state index < -0.39 is 6.04 Å². The van der Waals surface area contributed by atoms with Crippen LogP contribution in [0.2, 0.25) is 0 Å². The summed E-state index contributed by atoms with van der Waals surface area (Å²) in [6.07, 6.45) is 0.819. The summed E-state index contributed by atoms with van der Waals surface area (Å²) in [5.74, 6) is -0.890. The molecular formula is C19H30N4O3. The van der Waals surface area contributed by atoms with Crippen LogP contribution in [0.25, 0.3) is 0 Å². The summed E-state index contributed by atoms with van der Waals surface area (Å²) in [5.41, 5.74) is 6.50. The molecule has 144 valence electrons. The van der Waals surface area contributed by atoms with Crippen LogP contribution in [0.1, 0.15) is 51.4 Å². The number of benzene rings is 1. The van der Waals surface area contributed by atoms with Gasteiger partial charge in [-0.3, -0.25) is 14.4 Å². The summed E-state index contributed by atoms with van der Waals surface area (Å²) in [4.78, 5) is 35.8. The molecule has 0 unspecified atom stereocenters. The molecule has 0 fully saturated rings. The Morgan fingerprint density at radius 3 is 2.19 bits per heavy atom. The highest BCUT2D eigenvalue weighted by atomic mass is 16.2. The fraction of sp³-hybridized carbons (Fsp3) is 0.526. The first-order valence-corrected chi connectivity index (χ1v) is 8.81. The smallest absolute Gasteiger partial charge is 0.251 e. The van der Waals surface area contributed by atoms with E-state index in [1.807, 2.05) is 34.6 Å². The van der Waals surface area contributed by atoms with Gasteiger partial charge in [0.15, 0.2) is 0 Å². The maximum Gasteiger partial charge on any atom is 0.251 e. The van der Waals surface area contributed by atoms with Crippen molar-refractivity contribution in [3.05, 3.63) is 29.8 Å². The van der Waals surface area contributed by atoms with E-state index in [1.54, 1.807) is 24.3 Å². The first-order valence-electron chi connectivity index (χ1n) is 8.81. The van der Waals surface area contributed by atoms with Gasteiger partial charge < -0.3 is 21.7 Å². The zero-order valence-electron chi connectivity index (χ0n) is 16.2. The zero-order valence-corrected chi connectivity index (χ0v) is 16.2. The van der Waals surface area contributed by atoms with Crippen molar-refractivity contribution < 1.29 is 14.4 Å². The van der Waals surface area contributed by atoms with Crippen LogP contribution in [-0.4, -0.2) is 35.8 Å². The molecule has 0 saturated carbocycles. The molecule has 0 radical (unpaired) electrons. The van der Waals surface area contributed by atoms with E-state index in [1.165, 1.54) is 0 Å². The average Bonchev–Trinajstić information content (AvgIpc) is 2.59. The molecule has 3 amide bonds. The molecule has 1 aromatic carbocycles. The second-order valence-electron chi connectivity index (χ2n) is 7.30. The lowest BCUT2D eigenvalue weighted by Crippen LogP contribution is -2.46. The minimum Gasteiger partial charge on any atom is -0.347 e. The van der Waals surface area contributed by atoms with E-state index in [0.717, 1.165) is 6.42 Å². The Bertz CT molecular complexity index is 639. The van der Waals surface area contributed by atoms with Gasteiger partial charge in [0, 0.05) is 16.8 Å². The normalized spacial score (nSPS) is 12.4. The third-order valence-electron chi connectivity index (χ3n) is 4.21. The summed E-state index contributed by atoms with van der Waals surface area (Å²) in [7, 11) is 0. The monoisotopic (exact) mass is 362 g/mol. The van der Waals surface area contributed by atoms with Crippen molar-refractivity contribution in [2.45, 2.75) is 52.6 Å². The second-order valence-corrected chi connectivity index (χ2v) is 7.30. The summed E-state index contributed by atoms with van der Waals surface area (Å²) in [6, 6.07) is 5.93. The predicted octanol–water partition coefficient (Wildman–Crippen LogP) is 1.64. The highest BCUT2D eigenvalue weighted by Gasteiger charge is 2.19. The Kier molecular flexibility index (Phi) is 7.76. The Labute approximate surface area is 155 Å². The highest BCUT2D eigenvalue weighted by molar-refractivity contribution is 5.97. The van der Waals surface area contributed by atoms with Gasteiger partial charge in [0.2, 0.25) is 11.8 Å². The van der Waals surface area contributed by atoms with Gasteiger partial charge >= 0.3 is 0 Å². The minimum absolute atomic E-state index is 0.00515. The van der Waals surface area contributed by atoms with E-state index in [4.69, 9.17) is 5.73 Å². The molecule has 5 N–H and O–H groups in total. The first kappa shape index (κ1) is 21.6. The molecule has 1 atom stereocenters. The Hall–Kier alpha value is -2.41.